The predicted octanol–water partition coefficient (Wildman–Crippen LogP) is 4.98. The summed E-state index contributed by atoms with van der Waals surface area (Å²) in [5.74, 6) is -0.262. The summed E-state index contributed by atoms with van der Waals surface area (Å²) in [5.41, 5.74) is 1.58. The number of carbonyl (C=O) groups excluding carboxylic acids is 3. The molecule has 1 spiro atoms. The third-order valence-corrected chi connectivity index (χ3v) is 13.3. The molecule has 2 aliphatic rings. The van der Waals surface area contributed by atoms with Gasteiger partial charge in [-0.2, -0.15) is 0 Å². The van der Waals surface area contributed by atoms with Crippen molar-refractivity contribution in [3.05, 3.63) is 83.9 Å². The van der Waals surface area contributed by atoms with E-state index in [0.29, 0.717) is 17.8 Å². The van der Waals surface area contributed by atoms with Crippen molar-refractivity contribution in [1.29, 1.82) is 0 Å². The smallest absolute Gasteiger partial charge is 0.308 e. The molecule has 0 unspecified atom stereocenters. The van der Waals surface area contributed by atoms with Crippen LogP contribution in [0, 0.1) is 5.92 Å². The van der Waals surface area contributed by atoms with E-state index in [9.17, 15) is 14.4 Å². The first kappa shape index (κ1) is 29.5. The van der Waals surface area contributed by atoms with E-state index >= 15 is 0 Å². The van der Waals surface area contributed by atoms with Gasteiger partial charge < -0.3 is 24.4 Å². The number of rotatable bonds is 8. The number of benzene rings is 3. The van der Waals surface area contributed by atoms with Crippen LogP contribution in [0.4, 0.5) is 11.4 Å². The van der Waals surface area contributed by atoms with Gasteiger partial charge in [-0.15, -0.1) is 0 Å². The number of fused-ring (bicyclic) bond motifs is 2. The molecular formula is C33H38N2O6Si. The monoisotopic (exact) mass is 586 g/mol. The summed E-state index contributed by atoms with van der Waals surface area (Å²) in [4.78, 5) is 41.2. The summed E-state index contributed by atoms with van der Waals surface area (Å²) < 4.78 is 17.4. The van der Waals surface area contributed by atoms with Gasteiger partial charge in [-0.25, -0.2) is 0 Å². The van der Waals surface area contributed by atoms with Crippen molar-refractivity contribution in [2.24, 2.45) is 5.92 Å². The van der Waals surface area contributed by atoms with E-state index in [1.165, 1.54) is 19.2 Å². The number of anilines is 2. The Balaban J connectivity index is 1.65. The molecule has 4 atom stereocenters. The van der Waals surface area contributed by atoms with Crippen molar-refractivity contribution in [3.63, 3.8) is 0 Å². The van der Waals surface area contributed by atoms with E-state index < -0.39 is 19.8 Å². The summed E-state index contributed by atoms with van der Waals surface area (Å²) in [7, 11) is 0.612. The van der Waals surface area contributed by atoms with Crippen LogP contribution in [0.15, 0.2) is 72.8 Å². The average molecular weight is 587 g/mol. The molecule has 2 aliphatic heterocycles. The van der Waals surface area contributed by atoms with E-state index in [1.54, 1.807) is 12.0 Å². The predicted molar refractivity (Wildman–Crippen MR) is 165 cm³/mol. The first-order valence-electron chi connectivity index (χ1n) is 14.2. The highest BCUT2D eigenvalue weighted by Crippen LogP contribution is 2.60. The van der Waals surface area contributed by atoms with Gasteiger partial charge in [-0.1, -0.05) is 67.7 Å². The molecule has 0 aromatic heterocycles. The number of hydrogen-bond donors (Lipinski definition) is 1. The molecule has 1 N–H and O–H groups in total. The summed E-state index contributed by atoms with van der Waals surface area (Å²) in [6, 6.07) is 23.4. The molecule has 0 radical (unpaired) electrons. The van der Waals surface area contributed by atoms with Crippen LogP contribution in [0.5, 0.6) is 5.75 Å². The van der Waals surface area contributed by atoms with E-state index in [1.807, 2.05) is 60.7 Å². The van der Waals surface area contributed by atoms with Crippen molar-refractivity contribution in [2.75, 3.05) is 24.4 Å². The van der Waals surface area contributed by atoms with Gasteiger partial charge in [-0.05, 0) is 41.4 Å². The van der Waals surface area contributed by atoms with Gasteiger partial charge >= 0.3 is 5.97 Å². The van der Waals surface area contributed by atoms with Crippen LogP contribution in [0.3, 0.4) is 0 Å². The van der Waals surface area contributed by atoms with E-state index in [2.05, 4.69) is 37.5 Å². The van der Waals surface area contributed by atoms with Gasteiger partial charge in [0.25, 0.3) is 5.91 Å². The zero-order valence-electron chi connectivity index (χ0n) is 25.0. The molecule has 2 heterocycles. The molecule has 220 valence electrons. The van der Waals surface area contributed by atoms with Gasteiger partial charge in [0.15, 0.2) is 5.60 Å². The lowest BCUT2D eigenvalue weighted by molar-refractivity contribution is -0.153. The first-order chi connectivity index (χ1) is 20.0. The standard InChI is InChI=1S/C33H38N2O6Si/c1-21-31(42(5,6)26-15-13-25(39-3)14-16-26)29(19-30(37)40-4)41-33(21)27-18-24(34-22(2)36)12-17-28(27)35(32(33)38)20-23-10-8-7-9-11-23/h7-18,21,29,31H,19-20H2,1-6H3,(H,34,36)/t21-,29+,31-,33+/m0/s1. The third-order valence-electron chi connectivity index (χ3n) is 8.93. The lowest BCUT2D eigenvalue weighted by Crippen LogP contribution is -2.52. The average Bonchev–Trinajstić information content (AvgIpc) is 3.39. The Morgan fingerprint density at radius 3 is 2.33 bits per heavy atom. The molecule has 1 saturated heterocycles. The Kier molecular flexibility index (Phi) is 8.00. The molecule has 0 aliphatic carbocycles. The van der Waals surface area contributed by atoms with Crippen molar-refractivity contribution in [3.8, 4) is 5.75 Å². The highest BCUT2D eigenvalue weighted by Gasteiger charge is 2.66. The van der Waals surface area contributed by atoms with Crippen LogP contribution < -0.4 is 20.1 Å². The lowest BCUT2D eigenvalue weighted by atomic mass is 9.82. The Morgan fingerprint density at radius 2 is 1.71 bits per heavy atom. The SMILES string of the molecule is COC(=O)C[C@H]1O[C@]2(C(=O)N(Cc3ccccc3)c3ccc(NC(C)=O)cc32)[C@@H](C)[C@@H]1[Si](C)(C)c1ccc(OC)cc1. The maximum atomic E-state index is 14.7. The van der Waals surface area contributed by atoms with Crippen LogP contribution >= 0.6 is 0 Å². The van der Waals surface area contributed by atoms with E-state index in [0.717, 1.165) is 17.0 Å². The molecular weight excluding hydrogens is 548 g/mol. The second-order valence-electron chi connectivity index (χ2n) is 11.7. The number of carbonyl (C=O) groups is 3. The molecule has 3 aromatic rings. The first-order valence-corrected chi connectivity index (χ1v) is 17.3. The number of esters is 1. The van der Waals surface area contributed by atoms with Crippen LogP contribution in [0.1, 0.15) is 31.4 Å². The van der Waals surface area contributed by atoms with Crippen LogP contribution in [0.2, 0.25) is 18.6 Å². The molecule has 1 fully saturated rings. The van der Waals surface area contributed by atoms with Gasteiger partial charge in [-0.3, -0.25) is 14.4 Å². The zero-order chi connectivity index (χ0) is 30.2. The second kappa shape index (κ2) is 11.4. The minimum atomic E-state index is -2.40. The third kappa shape index (κ3) is 5.01. The molecule has 2 amide bonds. The number of hydrogen-bond acceptors (Lipinski definition) is 6. The van der Waals surface area contributed by atoms with Gasteiger partial charge in [0, 0.05) is 24.1 Å². The van der Waals surface area contributed by atoms with Crippen LogP contribution in [-0.4, -0.2) is 46.2 Å². The normalized spacial score (nSPS) is 23.1. The quantitative estimate of drug-likeness (QED) is 0.296. The number of ether oxygens (including phenoxy) is 3. The van der Waals surface area contributed by atoms with Crippen molar-refractivity contribution in [1.82, 2.24) is 0 Å². The summed E-state index contributed by atoms with van der Waals surface area (Å²) >= 11 is 0. The Hall–Kier alpha value is -3.95. The molecule has 0 bridgehead atoms. The molecule has 9 heteroatoms. The van der Waals surface area contributed by atoms with Crippen molar-refractivity contribution >= 4 is 42.4 Å². The van der Waals surface area contributed by atoms with Crippen LogP contribution in [-0.2, 0) is 36.0 Å². The number of nitrogens with zero attached hydrogens (tertiary/aromatic N) is 1. The maximum absolute atomic E-state index is 14.7. The van der Waals surface area contributed by atoms with Crippen molar-refractivity contribution < 1.29 is 28.6 Å². The van der Waals surface area contributed by atoms with Gasteiger partial charge in [0.2, 0.25) is 5.91 Å². The number of methoxy groups -OCH3 is 2. The van der Waals surface area contributed by atoms with E-state index in [-0.39, 0.29) is 35.7 Å². The molecule has 3 aromatic carbocycles. The molecule has 5 rings (SSSR count). The summed E-state index contributed by atoms with van der Waals surface area (Å²) in [5, 5.41) is 4.04. The topological polar surface area (TPSA) is 94.2 Å². The minimum absolute atomic E-state index is 0.0343. The highest BCUT2D eigenvalue weighted by atomic mass is 28.3. The highest BCUT2D eigenvalue weighted by molar-refractivity contribution is 6.91. The minimum Gasteiger partial charge on any atom is -0.497 e. The van der Waals surface area contributed by atoms with Gasteiger partial charge in [0.1, 0.15) is 5.75 Å². The fourth-order valence-electron chi connectivity index (χ4n) is 6.97. The number of nitrogens with one attached hydrogen (secondary N) is 1. The number of amides is 2. The largest absolute Gasteiger partial charge is 0.497 e. The van der Waals surface area contributed by atoms with Crippen molar-refractivity contribution in [2.45, 2.75) is 57.2 Å². The summed E-state index contributed by atoms with van der Waals surface area (Å²) in [6.07, 6.45) is -0.513. The molecule has 42 heavy (non-hydrogen) atoms. The second-order valence-corrected chi connectivity index (χ2v) is 16.4. The lowest BCUT2D eigenvalue weighted by Gasteiger charge is -2.37. The molecule has 0 saturated carbocycles. The Morgan fingerprint density at radius 1 is 1.02 bits per heavy atom. The fourth-order valence-corrected chi connectivity index (χ4v) is 11.0. The fraction of sp³-hybridized carbons (Fsp3) is 0.364. The maximum Gasteiger partial charge on any atom is 0.308 e. The molecule has 8 nitrogen and oxygen atoms in total. The summed E-state index contributed by atoms with van der Waals surface area (Å²) in [6.45, 7) is 8.42. The Bertz CT molecular complexity index is 1490. The zero-order valence-corrected chi connectivity index (χ0v) is 26.0. The van der Waals surface area contributed by atoms with E-state index in [4.69, 9.17) is 14.2 Å². The van der Waals surface area contributed by atoms with Crippen LogP contribution in [0.25, 0.3) is 0 Å². The Labute approximate surface area is 248 Å². The van der Waals surface area contributed by atoms with Gasteiger partial charge in [0.05, 0.1) is 47.1 Å².